The van der Waals surface area contributed by atoms with Crippen LogP contribution in [0.15, 0.2) is 35.8 Å². The number of carbonyl (C=O) groups excluding carboxylic acids is 2. The maximum Gasteiger partial charge on any atom is 0.377 e. The van der Waals surface area contributed by atoms with Crippen molar-refractivity contribution in [3.63, 3.8) is 0 Å². The topological polar surface area (TPSA) is 113 Å². The molecule has 0 bridgehead atoms. The fourth-order valence-corrected chi connectivity index (χ4v) is 1.75. The fourth-order valence-electron chi connectivity index (χ4n) is 1.75. The zero-order valence-corrected chi connectivity index (χ0v) is 11.1. The van der Waals surface area contributed by atoms with Crippen molar-refractivity contribution in [3.8, 4) is 0 Å². The molecule has 21 heavy (non-hydrogen) atoms. The zero-order chi connectivity index (χ0) is 15.6. The standard InChI is InChI=1S/C14H14O7/c1-7-2-4-8(5-3-7)13(18)20-6-9(15)12-10(16)11(17)14(19)21-12/h2-5,9,12,15-17H,6H2,1H3. The van der Waals surface area contributed by atoms with E-state index in [4.69, 9.17) is 9.84 Å². The van der Waals surface area contributed by atoms with E-state index in [1.165, 1.54) is 0 Å². The molecule has 3 N–H and O–H groups in total. The highest BCUT2D eigenvalue weighted by Crippen LogP contribution is 2.21. The molecule has 0 saturated heterocycles. The molecule has 0 fully saturated rings. The second-order valence-electron chi connectivity index (χ2n) is 4.59. The summed E-state index contributed by atoms with van der Waals surface area (Å²) in [6.45, 7) is 1.37. The van der Waals surface area contributed by atoms with Gasteiger partial charge in [-0.05, 0) is 19.1 Å². The van der Waals surface area contributed by atoms with Crippen molar-refractivity contribution in [1.29, 1.82) is 0 Å². The molecule has 0 radical (unpaired) electrons. The Hall–Kier alpha value is -2.54. The van der Waals surface area contributed by atoms with Crippen LogP contribution in [0.3, 0.4) is 0 Å². The van der Waals surface area contributed by atoms with Crippen LogP contribution in [0.5, 0.6) is 0 Å². The van der Waals surface area contributed by atoms with Gasteiger partial charge in [0.1, 0.15) is 12.7 Å². The third-order valence-corrected chi connectivity index (χ3v) is 2.96. The normalized spacial score (nSPS) is 19.3. The summed E-state index contributed by atoms with van der Waals surface area (Å²) in [5.41, 5.74) is 1.29. The van der Waals surface area contributed by atoms with E-state index in [0.29, 0.717) is 5.56 Å². The molecule has 0 saturated carbocycles. The summed E-state index contributed by atoms with van der Waals surface area (Å²) in [5, 5.41) is 28.2. The van der Waals surface area contributed by atoms with Gasteiger partial charge in [-0.1, -0.05) is 17.7 Å². The van der Waals surface area contributed by atoms with Crippen LogP contribution in [0.25, 0.3) is 0 Å². The zero-order valence-electron chi connectivity index (χ0n) is 11.1. The van der Waals surface area contributed by atoms with Gasteiger partial charge in [-0.15, -0.1) is 0 Å². The summed E-state index contributed by atoms with van der Waals surface area (Å²) in [6.07, 6.45) is -2.92. The number of rotatable bonds is 4. The van der Waals surface area contributed by atoms with Gasteiger partial charge in [-0.2, -0.15) is 0 Å². The van der Waals surface area contributed by atoms with Crippen LogP contribution >= 0.6 is 0 Å². The first-order valence-corrected chi connectivity index (χ1v) is 6.15. The molecule has 0 spiro atoms. The summed E-state index contributed by atoms with van der Waals surface area (Å²) >= 11 is 0. The van der Waals surface area contributed by atoms with Crippen LogP contribution in [0, 0.1) is 6.92 Å². The Morgan fingerprint density at radius 3 is 2.48 bits per heavy atom. The number of carbonyl (C=O) groups is 2. The van der Waals surface area contributed by atoms with Crippen LogP contribution in [-0.2, 0) is 14.3 Å². The van der Waals surface area contributed by atoms with Gasteiger partial charge in [-0.3, -0.25) is 0 Å². The summed E-state index contributed by atoms with van der Waals surface area (Å²) in [7, 11) is 0. The lowest BCUT2D eigenvalue weighted by atomic mass is 10.1. The number of benzene rings is 1. The van der Waals surface area contributed by atoms with Gasteiger partial charge in [0.2, 0.25) is 5.76 Å². The Kier molecular flexibility index (Phi) is 4.13. The highest BCUT2D eigenvalue weighted by Gasteiger charge is 2.39. The van der Waals surface area contributed by atoms with Gasteiger partial charge in [0.25, 0.3) is 0 Å². The first kappa shape index (κ1) is 14.9. The van der Waals surface area contributed by atoms with E-state index in [9.17, 15) is 19.8 Å². The van der Waals surface area contributed by atoms with Crippen LogP contribution in [0.2, 0.25) is 0 Å². The summed E-state index contributed by atoms with van der Waals surface area (Å²) < 4.78 is 9.41. The SMILES string of the molecule is Cc1ccc(C(=O)OCC(O)C2OC(=O)C(O)=C2O)cc1. The molecule has 2 atom stereocenters. The number of hydrogen-bond donors (Lipinski definition) is 3. The van der Waals surface area contributed by atoms with Gasteiger partial charge >= 0.3 is 11.9 Å². The number of cyclic esters (lactones) is 1. The van der Waals surface area contributed by atoms with E-state index in [2.05, 4.69) is 4.74 Å². The molecule has 112 valence electrons. The van der Waals surface area contributed by atoms with Crippen molar-refractivity contribution >= 4 is 11.9 Å². The van der Waals surface area contributed by atoms with E-state index in [1.54, 1.807) is 24.3 Å². The summed E-state index contributed by atoms with van der Waals surface area (Å²) in [5.74, 6) is -3.53. The van der Waals surface area contributed by atoms with E-state index < -0.39 is 42.3 Å². The number of ether oxygens (including phenoxy) is 2. The van der Waals surface area contributed by atoms with Gasteiger partial charge < -0.3 is 24.8 Å². The minimum absolute atomic E-state index is 0.304. The minimum atomic E-state index is -1.48. The molecule has 7 heteroatoms. The number of hydrogen-bond acceptors (Lipinski definition) is 7. The van der Waals surface area contributed by atoms with E-state index in [1.807, 2.05) is 6.92 Å². The van der Waals surface area contributed by atoms with Gasteiger partial charge in [-0.25, -0.2) is 9.59 Å². The van der Waals surface area contributed by atoms with Crippen molar-refractivity contribution in [1.82, 2.24) is 0 Å². The van der Waals surface area contributed by atoms with Gasteiger partial charge in [0.05, 0.1) is 5.56 Å². The smallest absolute Gasteiger partial charge is 0.377 e. The van der Waals surface area contributed by atoms with Crippen molar-refractivity contribution in [2.45, 2.75) is 19.1 Å². The molecule has 0 amide bonds. The van der Waals surface area contributed by atoms with Crippen molar-refractivity contribution < 1.29 is 34.4 Å². The molecule has 7 nitrogen and oxygen atoms in total. The largest absolute Gasteiger partial charge is 0.505 e. The second kappa shape index (κ2) is 5.84. The summed E-state index contributed by atoms with van der Waals surface area (Å²) in [6, 6.07) is 6.61. The van der Waals surface area contributed by atoms with Crippen LogP contribution in [-0.4, -0.2) is 46.1 Å². The van der Waals surface area contributed by atoms with Crippen molar-refractivity contribution in [2.24, 2.45) is 0 Å². The number of esters is 2. The van der Waals surface area contributed by atoms with Gasteiger partial charge in [0.15, 0.2) is 11.9 Å². The lowest BCUT2D eigenvalue weighted by Gasteiger charge is -2.17. The third kappa shape index (κ3) is 3.14. The third-order valence-electron chi connectivity index (χ3n) is 2.96. The summed E-state index contributed by atoms with van der Waals surface area (Å²) in [4.78, 5) is 22.7. The molecule has 1 aromatic carbocycles. The lowest BCUT2D eigenvalue weighted by molar-refractivity contribution is -0.147. The molecule has 0 aliphatic carbocycles. The highest BCUT2D eigenvalue weighted by atomic mass is 16.6. The molecule has 0 aromatic heterocycles. The average Bonchev–Trinajstić information content (AvgIpc) is 2.73. The molecular weight excluding hydrogens is 280 g/mol. The molecule has 2 rings (SSSR count). The molecule has 1 heterocycles. The predicted molar refractivity (Wildman–Crippen MR) is 69.6 cm³/mol. The lowest BCUT2D eigenvalue weighted by Crippen LogP contribution is -2.33. The van der Waals surface area contributed by atoms with Crippen molar-refractivity contribution in [3.05, 3.63) is 46.9 Å². The molecule has 1 aliphatic heterocycles. The fraction of sp³-hybridized carbons (Fsp3) is 0.286. The number of aliphatic hydroxyl groups excluding tert-OH is 3. The Bertz CT molecular complexity index is 588. The molecule has 1 aromatic rings. The number of aliphatic hydroxyl groups is 3. The van der Waals surface area contributed by atoms with E-state index in [-0.39, 0.29) is 0 Å². The monoisotopic (exact) mass is 294 g/mol. The van der Waals surface area contributed by atoms with Crippen LogP contribution < -0.4 is 0 Å². The molecule has 1 aliphatic rings. The van der Waals surface area contributed by atoms with Crippen LogP contribution in [0.1, 0.15) is 15.9 Å². The first-order chi connectivity index (χ1) is 9.90. The molecule has 2 unspecified atom stereocenters. The quantitative estimate of drug-likeness (QED) is 0.703. The molecular formula is C14H14O7. The predicted octanol–water partition coefficient (Wildman–Crippen LogP) is 0.766. The Balaban J connectivity index is 1.93. The van der Waals surface area contributed by atoms with Crippen molar-refractivity contribution in [2.75, 3.05) is 6.61 Å². The minimum Gasteiger partial charge on any atom is -0.505 e. The average molecular weight is 294 g/mol. The second-order valence-corrected chi connectivity index (χ2v) is 4.59. The maximum atomic E-state index is 11.7. The van der Waals surface area contributed by atoms with Gasteiger partial charge in [0, 0.05) is 0 Å². The van der Waals surface area contributed by atoms with Crippen LogP contribution in [0.4, 0.5) is 0 Å². The van der Waals surface area contributed by atoms with E-state index >= 15 is 0 Å². The maximum absolute atomic E-state index is 11.7. The Morgan fingerprint density at radius 2 is 1.95 bits per heavy atom. The number of aryl methyl sites for hydroxylation is 1. The Morgan fingerprint density at radius 1 is 1.33 bits per heavy atom. The first-order valence-electron chi connectivity index (χ1n) is 6.15. The highest BCUT2D eigenvalue weighted by molar-refractivity contribution is 5.90. The van der Waals surface area contributed by atoms with E-state index in [0.717, 1.165) is 5.56 Å². The Labute approximate surface area is 120 Å².